The summed E-state index contributed by atoms with van der Waals surface area (Å²) >= 11 is 5.84. The van der Waals surface area contributed by atoms with E-state index in [1.165, 1.54) is 6.26 Å². The van der Waals surface area contributed by atoms with Gasteiger partial charge in [0.05, 0.1) is 17.4 Å². The van der Waals surface area contributed by atoms with Gasteiger partial charge in [-0.2, -0.15) is 0 Å². The quantitative estimate of drug-likeness (QED) is 0.851. The van der Waals surface area contributed by atoms with Gasteiger partial charge >= 0.3 is 0 Å². The molecule has 0 aromatic heterocycles. The average Bonchev–Trinajstić information content (AvgIpc) is 2.54. The van der Waals surface area contributed by atoms with Crippen molar-refractivity contribution in [1.82, 2.24) is 5.32 Å². The summed E-state index contributed by atoms with van der Waals surface area (Å²) in [6.45, 7) is 1.97. The lowest BCUT2D eigenvalue weighted by molar-refractivity contribution is -0.121. The molecule has 1 amide bonds. The van der Waals surface area contributed by atoms with Gasteiger partial charge in [-0.25, -0.2) is 8.42 Å². The molecule has 0 heterocycles. The maximum absolute atomic E-state index is 12.2. The van der Waals surface area contributed by atoms with Crippen molar-refractivity contribution in [2.45, 2.75) is 30.7 Å². The van der Waals surface area contributed by atoms with Crippen molar-refractivity contribution in [3.8, 4) is 0 Å². The van der Waals surface area contributed by atoms with Crippen LogP contribution in [0, 0.1) is 0 Å². The normalized spacial score (nSPS) is 12.6. The van der Waals surface area contributed by atoms with Gasteiger partial charge < -0.3 is 5.32 Å². The third-order valence-electron chi connectivity index (χ3n) is 3.73. The van der Waals surface area contributed by atoms with E-state index in [0.717, 1.165) is 11.1 Å². The SMILES string of the molecule is CC[C@@H](NC(=O)Cc1ccc(Cl)cc1)c1ccc(S(C)(=O)=O)cc1. The molecule has 6 heteroatoms. The van der Waals surface area contributed by atoms with Gasteiger partial charge in [0.25, 0.3) is 0 Å². The summed E-state index contributed by atoms with van der Waals surface area (Å²) in [4.78, 5) is 12.5. The molecule has 0 saturated heterocycles. The van der Waals surface area contributed by atoms with E-state index in [9.17, 15) is 13.2 Å². The first-order chi connectivity index (χ1) is 11.3. The van der Waals surface area contributed by atoms with Crippen LogP contribution >= 0.6 is 11.6 Å². The van der Waals surface area contributed by atoms with Crippen LogP contribution in [-0.4, -0.2) is 20.6 Å². The second-order valence-corrected chi connectivity index (χ2v) is 8.12. The van der Waals surface area contributed by atoms with E-state index >= 15 is 0 Å². The van der Waals surface area contributed by atoms with Crippen LogP contribution in [0.5, 0.6) is 0 Å². The van der Waals surface area contributed by atoms with Gasteiger partial charge in [-0.1, -0.05) is 42.8 Å². The Morgan fingerprint density at radius 1 is 1.08 bits per heavy atom. The molecule has 1 N–H and O–H groups in total. The number of halogens is 1. The van der Waals surface area contributed by atoms with Crippen molar-refractivity contribution in [2.24, 2.45) is 0 Å². The summed E-state index contributed by atoms with van der Waals surface area (Å²) in [5, 5.41) is 3.62. The van der Waals surface area contributed by atoms with Crippen LogP contribution in [0.3, 0.4) is 0 Å². The first-order valence-electron chi connectivity index (χ1n) is 7.63. The summed E-state index contributed by atoms with van der Waals surface area (Å²) < 4.78 is 23.0. The maximum Gasteiger partial charge on any atom is 0.224 e. The highest BCUT2D eigenvalue weighted by atomic mass is 35.5. The van der Waals surface area contributed by atoms with Gasteiger partial charge in [0.15, 0.2) is 9.84 Å². The topological polar surface area (TPSA) is 63.2 Å². The van der Waals surface area contributed by atoms with Crippen molar-refractivity contribution >= 4 is 27.3 Å². The van der Waals surface area contributed by atoms with E-state index in [-0.39, 0.29) is 23.3 Å². The molecule has 24 heavy (non-hydrogen) atoms. The number of amides is 1. The molecule has 0 aliphatic carbocycles. The van der Waals surface area contributed by atoms with Gasteiger partial charge in [-0.3, -0.25) is 4.79 Å². The van der Waals surface area contributed by atoms with Crippen LogP contribution in [-0.2, 0) is 21.1 Å². The largest absolute Gasteiger partial charge is 0.349 e. The first kappa shape index (κ1) is 18.5. The molecule has 0 unspecified atom stereocenters. The number of carbonyl (C=O) groups is 1. The smallest absolute Gasteiger partial charge is 0.224 e. The molecular weight excluding hydrogens is 346 g/mol. The molecule has 2 aromatic carbocycles. The lowest BCUT2D eigenvalue weighted by atomic mass is 10.0. The Hall–Kier alpha value is -1.85. The first-order valence-corrected chi connectivity index (χ1v) is 9.90. The summed E-state index contributed by atoms with van der Waals surface area (Å²) in [6, 6.07) is 13.6. The summed E-state index contributed by atoms with van der Waals surface area (Å²) in [7, 11) is -3.22. The Kier molecular flexibility index (Phi) is 6.02. The van der Waals surface area contributed by atoms with Crippen LogP contribution in [0.15, 0.2) is 53.4 Å². The molecule has 4 nitrogen and oxygen atoms in total. The second-order valence-electron chi connectivity index (χ2n) is 5.67. The average molecular weight is 366 g/mol. The molecule has 128 valence electrons. The molecule has 0 aliphatic rings. The summed E-state index contributed by atoms with van der Waals surface area (Å²) in [6.07, 6.45) is 2.16. The molecule has 0 radical (unpaired) electrons. The third kappa shape index (κ3) is 5.08. The molecule has 0 fully saturated rings. The number of benzene rings is 2. The van der Waals surface area contributed by atoms with E-state index in [1.54, 1.807) is 36.4 Å². The zero-order chi connectivity index (χ0) is 17.7. The molecule has 0 saturated carbocycles. The summed E-state index contributed by atoms with van der Waals surface area (Å²) in [5.74, 6) is -0.0867. The van der Waals surface area contributed by atoms with Crippen LogP contribution in [0.2, 0.25) is 5.02 Å². The van der Waals surface area contributed by atoms with E-state index in [2.05, 4.69) is 5.32 Å². The zero-order valence-electron chi connectivity index (χ0n) is 13.6. The van der Waals surface area contributed by atoms with Crippen LogP contribution in [0.25, 0.3) is 0 Å². The molecule has 0 aliphatic heterocycles. The predicted octanol–water partition coefficient (Wildman–Crippen LogP) is 3.55. The number of nitrogens with one attached hydrogen (secondary N) is 1. The molecule has 1 atom stereocenters. The zero-order valence-corrected chi connectivity index (χ0v) is 15.2. The highest BCUT2D eigenvalue weighted by Crippen LogP contribution is 2.19. The highest BCUT2D eigenvalue weighted by molar-refractivity contribution is 7.90. The van der Waals surface area contributed by atoms with Crippen LogP contribution < -0.4 is 5.32 Å². The minimum atomic E-state index is -3.22. The van der Waals surface area contributed by atoms with Crippen molar-refractivity contribution in [3.05, 3.63) is 64.7 Å². The number of rotatable bonds is 6. The van der Waals surface area contributed by atoms with E-state index in [1.807, 2.05) is 19.1 Å². The van der Waals surface area contributed by atoms with Gasteiger partial charge in [0, 0.05) is 11.3 Å². The van der Waals surface area contributed by atoms with E-state index in [4.69, 9.17) is 11.6 Å². The second kappa shape index (κ2) is 7.81. The molecule has 0 spiro atoms. The lowest BCUT2D eigenvalue weighted by Crippen LogP contribution is -2.29. The maximum atomic E-state index is 12.2. The Balaban J connectivity index is 2.05. The Bertz CT molecular complexity index is 799. The van der Waals surface area contributed by atoms with E-state index in [0.29, 0.717) is 11.4 Å². The number of carbonyl (C=O) groups excluding carboxylic acids is 1. The molecular formula is C18H20ClNO3S. The fourth-order valence-electron chi connectivity index (χ4n) is 2.40. The van der Waals surface area contributed by atoms with Crippen molar-refractivity contribution in [3.63, 3.8) is 0 Å². The fraction of sp³-hybridized carbons (Fsp3) is 0.278. The van der Waals surface area contributed by atoms with Gasteiger partial charge in [-0.15, -0.1) is 0 Å². The van der Waals surface area contributed by atoms with Crippen LogP contribution in [0.4, 0.5) is 0 Å². The number of hydrogen-bond acceptors (Lipinski definition) is 3. The van der Waals surface area contributed by atoms with E-state index < -0.39 is 9.84 Å². The minimum absolute atomic E-state index is 0.0867. The Morgan fingerprint density at radius 2 is 1.67 bits per heavy atom. The predicted molar refractivity (Wildman–Crippen MR) is 95.9 cm³/mol. The Labute approximate surface area is 147 Å². The van der Waals surface area contributed by atoms with Gasteiger partial charge in [0.1, 0.15) is 0 Å². The fourth-order valence-corrected chi connectivity index (χ4v) is 3.16. The number of hydrogen-bond donors (Lipinski definition) is 1. The standard InChI is InChI=1S/C18H20ClNO3S/c1-3-17(14-6-10-16(11-7-14)24(2,22)23)20-18(21)12-13-4-8-15(19)9-5-13/h4-11,17H,3,12H2,1-2H3,(H,20,21)/t17-/m1/s1. The van der Waals surface area contributed by atoms with Crippen molar-refractivity contribution in [1.29, 1.82) is 0 Å². The highest BCUT2D eigenvalue weighted by Gasteiger charge is 2.14. The molecule has 0 bridgehead atoms. The van der Waals surface area contributed by atoms with Crippen LogP contribution in [0.1, 0.15) is 30.5 Å². The molecule has 2 aromatic rings. The molecule has 2 rings (SSSR count). The Morgan fingerprint density at radius 3 is 2.17 bits per heavy atom. The lowest BCUT2D eigenvalue weighted by Gasteiger charge is -2.18. The van der Waals surface area contributed by atoms with Crippen molar-refractivity contribution in [2.75, 3.05) is 6.26 Å². The van der Waals surface area contributed by atoms with Crippen molar-refractivity contribution < 1.29 is 13.2 Å². The number of sulfone groups is 1. The van der Waals surface area contributed by atoms with Gasteiger partial charge in [-0.05, 0) is 41.8 Å². The monoisotopic (exact) mass is 365 g/mol. The van der Waals surface area contributed by atoms with Gasteiger partial charge in [0.2, 0.25) is 5.91 Å². The summed E-state index contributed by atoms with van der Waals surface area (Å²) in [5.41, 5.74) is 1.77. The third-order valence-corrected chi connectivity index (χ3v) is 5.11. The minimum Gasteiger partial charge on any atom is -0.349 e.